The Morgan fingerprint density at radius 1 is 1.46 bits per heavy atom. The van der Waals surface area contributed by atoms with Gasteiger partial charge in [-0.1, -0.05) is 6.92 Å². The van der Waals surface area contributed by atoms with Gasteiger partial charge in [0.2, 0.25) is 0 Å². The molecule has 140 valence electrons. The molecule has 0 saturated heterocycles. The molecule has 1 aromatic rings. The number of ether oxygens (including phenoxy) is 1. The van der Waals surface area contributed by atoms with Gasteiger partial charge in [0.25, 0.3) is 5.91 Å². The second kappa shape index (κ2) is 8.70. The van der Waals surface area contributed by atoms with Crippen LogP contribution in [0.5, 0.6) is 0 Å². The highest BCUT2D eigenvalue weighted by molar-refractivity contribution is 5.99. The maximum Gasteiger partial charge on any atom is 0.349 e. The van der Waals surface area contributed by atoms with E-state index in [1.807, 2.05) is 32.9 Å². The van der Waals surface area contributed by atoms with Crippen LogP contribution in [0.15, 0.2) is 11.6 Å². The number of amides is 1. The van der Waals surface area contributed by atoms with Crippen LogP contribution in [0.2, 0.25) is 0 Å². The molecule has 0 spiro atoms. The average Bonchev–Trinajstić information content (AvgIpc) is 3.41. The molecular formula is C20H27N3O3. The summed E-state index contributed by atoms with van der Waals surface area (Å²) in [6, 6.07) is 3.91. The topological polar surface area (TPSA) is 84.1 Å². The monoisotopic (exact) mass is 357 g/mol. The van der Waals surface area contributed by atoms with Crippen molar-refractivity contribution in [1.29, 1.82) is 5.26 Å². The van der Waals surface area contributed by atoms with Crippen molar-refractivity contribution < 1.29 is 14.3 Å². The van der Waals surface area contributed by atoms with Gasteiger partial charge in [-0.3, -0.25) is 4.79 Å². The van der Waals surface area contributed by atoms with Crippen molar-refractivity contribution in [2.45, 2.75) is 59.5 Å². The molecule has 6 nitrogen and oxygen atoms in total. The first kappa shape index (κ1) is 19.8. The number of carbonyl (C=O) groups is 2. The van der Waals surface area contributed by atoms with E-state index in [-0.39, 0.29) is 24.1 Å². The number of aromatic nitrogens is 1. The third kappa shape index (κ3) is 4.98. The Hall–Kier alpha value is -2.55. The van der Waals surface area contributed by atoms with Gasteiger partial charge < -0.3 is 14.6 Å². The summed E-state index contributed by atoms with van der Waals surface area (Å²) in [4.78, 5) is 24.0. The number of hydrogen-bond donors (Lipinski definition) is 1. The van der Waals surface area contributed by atoms with Crippen molar-refractivity contribution in [3.63, 3.8) is 0 Å². The summed E-state index contributed by atoms with van der Waals surface area (Å²) >= 11 is 0. The van der Waals surface area contributed by atoms with Gasteiger partial charge in [-0.2, -0.15) is 5.26 Å². The van der Waals surface area contributed by atoms with E-state index in [4.69, 9.17) is 4.74 Å². The number of carbonyl (C=O) groups excluding carboxylic acids is 2. The lowest BCUT2D eigenvalue weighted by molar-refractivity contribution is -0.144. The fourth-order valence-corrected chi connectivity index (χ4v) is 3.05. The summed E-state index contributed by atoms with van der Waals surface area (Å²) < 4.78 is 7.16. The molecule has 1 unspecified atom stereocenters. The van der Waals surface area contributed by atoms with Gasteiger partial charge in [0.05, 0.1) is 0 Å². The standard InChI is InChI=1S/C20H27N3O3/c1-5-8-23-13(2)9-17(15(23)4)10-18(11-21)20(25)26-12-19(24)22-14(3)16-6-7-16/h9-10,14,16H,5-8,12H2,1-4H3,(H,22,24)/b18-10+. The molecule has 0 aromatic carbocycles. The SMILES string of the molecule is CCCn1c(C)cc(/C=C(\C#N)C(=O)OCC(=O)NC(C)C2CC2)c1C. The fourth-order valence-electron chi connectivity index (χ4n) is 3.05. The maximum absolute atomic E-state index is 12.1. The summed E-state index contributed by atoms with van der Waals surface area (Å²) in [5.74, 6) is -0.583. The van der Waals surface area contributed by atoms with Gasteiger partial charge >= 0.3 is 5.97 Å². The quantitative estimate of drug-likeness (QED) is 0.440. The largest absolute Gasteiger partial charge is 0.451 e. The predicted molar refractivity (Wildman–Crippen MR) is 99.1 cm³/mol. The van der Waals surface area contributed by atoms with Crippen LogP contribution in [0.25, 0.3) is 6.08 Å². The predicted octanol–water partition coefficient (Wildman–Crippen LogP) is 2.88. The fraction of sp³-hybridized carbons (Fsp3) is 0.550. The van der Waals surface area contributed by atoms with Crippen molar-refractivity contribution in [2.24, 2.45) is 5.92 Å². The summed E-state index contributed by atoms with van der Waals surface area (Å²) in [6.07, 6.45) is 4.78. The Labute approximate surface area is 154 Å². The number of hydrogen-bond acceptors (Lipinski definition) is 4. The van der Waals surface area contributed by atoms with Gasteiger partial charge in [-0.25, -0.2) is 4.79 Å². The van der Waals surface area contributed by atoms with Crippen LogP contribution in [0.3, 0.4) is 0 Å². The lowest BCUT2D eigenvalue weighted by atomic mass is 10.1. The molecular weight excluding hydrogens is 330 g/mol. The molecule has 0 aliphatic heterocycles. The zero-order chi connectivity index (χ0) is 19.3. The van der Waals surface area contributed by atoms with Crippen LogP contribution in [0.4, 0.5) is 0 Å². The Kier molecular flexibility index (Phi) is 6.62. The number of rotatable bonds is 8. The van der Waals surface area contributed by atoms with Crippen LogP contribution >= 0.6 is 0 Å². The first-order valence-electron chi connectivity index (χ1n) is 9.12. The zero-order valence-electron chi connectivity index (χ0n) is 16.0. The molecule has 1 heterocycles. The van der Waals surface area contributed by atoms with E-state index in [0.717, 1.165) is 42.8 Å². The molecule has 1 aliphatic carbocycles. The molecule has 1 aromatic heterocycles. The molecule has 0 radical (unpaired) electrons. The summed E-state index contributed by atoms with van der Waals surface area (Å²) in [7, 11) is 0. The molecule has 1 N–H and O–H groups in total. The highest BCUT2D eigenvalue weighted by Gasteiger charge is 2.29. The van der Waals surface area contributed by atoms with Crippen LogP contribution in [0.1, 0.15) is 50.1 Å². The molecule has 26 heavy (non-hydrogen) atoms. The molecule has 2 rings (SSSR count). The van der Waals surface area contributed by atoms with Crippen LogP contribution in [-0.4, -0.2) is 29.1 Å². The lowest BCUT2D eigenvalue weighted by Crippen LogP contribution is -2.37. The van der Waals surface area contributed by atoms with E-state index >= 15 is 0 Å². The van der Waals surface area contributed by atoms with E-state index in [9.17, 15) is 14.9 Å². The third-order valence-corrected chi connectivity index (χ3v) is 4.75. The Morgan fingerprint density at radius 2 is 2.15 bits per heavy atom. The second-order valence-corrected chi connectivity index (χ2v) is 6.92. The minimum absolute atomic E-state index is 0.0936. The third-order valence-electron chi connectivity index (χ3n) is 4.75. The first-order valence-corrected chi connectivity index (χ1v) is 9.12. The van der Waals surface area contributed by atoms with Crippen LogP contribution in [-0.2, 0) is 20.9 Å². The van der Waals surface area contributed by atoms with Crippen LogP contribution in [0, 0.1) is 31.1 Å². The van der Waals surface area contributed by atoms with Gasteiger partial charge in [0.1, 0.15) is 11.6 Å². The second-order valence-electron chi connectivity index (χ2n) is 6.92. The Bertz CT molecular complexity index is 751. The smallest absolute Gasteiger partial charge is 0.349 e. The normalized spacial score (nSPS) is 15.3. The Balaban J connectivity index is 1.99. The lowest BCUT2D eigenvalue weighted by Gasteiger charge is -2.12. The summed E-state index contributed by atoms with van der Waals surface area (Å²) in [6.45, 7) is 8.52. The minimum Gasteiger partial charge on any atom is -0.451 e. The molecule has 0 bridgehead atoms. The van der Waals surface area contributed by atoms with E-state index < -0.39 is 5.97 Å². The molecule has 1 atom stereocenters. The number of esters is 1. The molecule has 1 aliphatic rings. The van der Waals surface area contributed by atoms with Gasteiger partial charge in [0.15, 0.2) is 6.61 Å². The van der Waals surface area contributed by atoms with Crippen molar-refractivity contribution in [3.8, 4) is 6.07 Å². The number of nitrogens with zero attached hydrogens (tertiary/aromatic N) is 2. The number of nitriles is 1. The molecule has 6 heteroatoms. The van der Waals surface area contributed by atoms with E-state index in [2.05, 4.69) is 16.8 Å². The summed E-state index contributed by atoms with van der Waals surface area (Å²) in [5.41, 5.74) is 2.79. The van der Waals surface area contributed by atoms with Gasteiger partial charge in [-0.05, 0) is 63.7 Å². The first-order chi connectivity index (χ1) is 12.4. The van der Waals surface area contributed by atoms with Crippen molar-refractivity contribution >= 4 is 18.0 Å². The van der Waals surface area contributed by atoms with E-state index in [1.54, 1.807) is 0 Å². The van der Waals surface area contributed by atoms with Crippen molar-refractivity contribution in [3.05, 3.63) is 28.6 Å². The van der Waals surface area contributed by atoms with Crippen molar-refractivity contribution in [2.75, 3.05) is 6.61 Å². The van der Waals surface area contributed by atoms with Crippen molar-refractivity contribution in [1.82, 2.24) is 9.88 Å². The average molecular weight is 357 g/mol. The van der Waals surface area contributed by atoms with Gasteiger partial charge in [-0.15, -0.1) is 0 Å². The van der Waals surface area contributed by atoms with E-state index in [0.29, 0.717) is 5.92 Å². The minimum atomic E-state index is -0.776. The van der Waals surface area contributed by atoms with Gasteiger partial charge in [0, 0.05) is 24.0 Å². The Morgan fingerprint density at radius 3 is 2.73 bits per heavy atom. The summed E-state index contributed by atoms with van der Waals surface area (Å²) in [5, 5.41) is 12.1. The number of nitrogens with one attached hydrogen (secondary N) is 1. The maximum atomic E-state index is 12.1. The van der Waals surface area contributed by atoms with E-state index in [1.165, 1.54) is 6.08 Å². The molecule has 1 amide bonds. The highest BCUT2D eigenvalue weighted by Crippen LogP contribution is 2.32. The molecule has 1 saturated carbocycles. The highest BCUT2D eigenvalue weighted by atomic mass is 16.5. The van der Waals surface area contributed by atoms with Crippen LogP contribution < -0.4 is 5.32 Å². The molecule has 1 fully saturated rings. The number of aryl methyl sites for hydroxylation is 1. The zero-order valence-corrected chi connectivity index (χ0v) is 16.0.